The first-order valence-corrected chi connectivity index (χ1v) is 4.99. The number of methoxy groups -OCH3 is 2. The normalized spacial score (nSPS) is 10.4. The van der Waals surface area contributed by atoms with Crippen LogP contribution in [0.15, 0.2) is 24.4 Å². The first kappa shape index (κ1) is 10.7. The summed E-state index contributed by atoms with van der Waals surface area (Å²) < 4.78 is 10.4. The quantitative estimate of drug-likeness (QED) is 0.852. The molecule has 0 saturated carbocycles. The number of benzene rings is 1. The van der Waals surface area contributed by atoms with E-state index in [1.54, 1.807) is 20.4 Å². The lowest BCUT2D eigenvalue weighted by Crippen LogP contribution is -1.97. The van der Waals surface area contributed by atoms with Crippen LogP contribution in [0.1, 0.15) is 5.56 Å². The monoisotopic (exact) mass is 218 g/mol. The molecule has 1 aromatic heterocycles. The fourth-order valence-electron chi connectivity index (χ4n) is 1.61. The highest BCUT2D eigenvalue weighted by Gasteiger charge is 2.06. The second-order valence-corrected chi connectivity index (χ2v) is 3.45. The van der Waals surface area contributed by atoms with Crippen LogP contribution >= 0.6 is 0 Å². The van der Waals surface area contributed by atoms with Crippen LogP contribution in [0.3, 0.4) is 0 Å². The van der Waals surface area contributed by atoms with Crippen LogP contribution in [-0.4, -0.2) is 19.2 Å². The Labute approximate surface area is 94.0 Å². The van der Waals surface area contributed by atoms with Crippen molar-refractivity contribution in [2.24, 2.45) is 5.73 Å². The molecule has 0 saturated heterocycles. The number of ether oxygens (including phenoxy) is 2. The van der Waals surface area contributed by atoms with Crippen LogP contribution in [0.2, 0.25) is 0 Å². The highest BCUT2D eigenvalue weighted by atomic mass is 16.5. The van der Waals surface area contributed by atoms with Gasteiger partial charge in [-0.2, -0.15) is 0 Å². The smallest absolute Gasteiger partial charge is 0.162 e. The van der Waals surface area contributed by atoms with Gasteiger partial charge in [-0.25, -0.2) is 0 Å². The Kier molecular flexibility index (Phi) is 2.92. The second-order valence-electron chi connectivity index (χ2n) is 3.45. The predicted molar refractivity (Wildman–Crippen MR) is 62.7 cm³/mol. The largest absolute Gasteiger partial charge is 0.493 e. The lowest BCUT2D eigenvalue weighted by molar-refractivity contribution is 0.356. The van der Waals surface area contributed by atoms with Crippen molar-refractivity contribution in [3.05, 3.63) is 30.0 Å². The van der Waals surface area contributed by atoms with Crippen molar-refractivity contribution in [1.82, 2.24) is 4.98 Å². The highest BCUT2D eigenvalue weighted by molar-refractivity contribution is 5.83. The molecule has 0 fully saturated rings. The predicted octanol–water partition coefficient (Wildman–Crippen LogP) is 1.71. The van der Waals surface area contributed by atoms with Crippen molar-refractivity contribution in [2.45, 2.75) is 6.54 Å². The molecular weight excluding hydrogens is 204 g/mol. The average molecular weight is 218 g/mol. The molecule has 16 heavy (non-hydrogen) atoms. The minimum absolute atomic E-state index is 0.483. The van der Waals surface area contributed by atoms with E-state index in [-0.39, 0.29) is 0 Å². The van der Waals surface area contributed by atoms with E-state index in [0.717, 1.165) is 16.5 Å². The molecule has 0 radical (unpaired) electrons. The zero-order chi connectivity index (χ0) is 11.5. The van der Waals surface area contributed by atoms with E-state index < -0.39 is 0 Å². The zero-order valence-electron chi connectivity index (χ0n) is 9.36. The summed E-state index contributed by atoms with van der Waals surface area (Å²) in [5.41, 5.74) is 7.44. The fraction of sp³-hybridized carbons (Fsp3) is 0.250. The van der Waals surface area contributed by atoms with Crippen LogP contribution in [0.25, 0.3) is 10.9 Å². The van der Waals surface area contributed by atoms with E-state index in [1.807, 2.05) is 18.2 Å². The van der Waals surface area contributed by atoms with Crippen molar-refractivity contribution in [3.8, 4) is 11.5 Å². The number of hydrogen-bond acceptors (Lipinski definition) is 4. The maximum Gasteiger partial charge on any atom is 0.162 e. The van der Waals surface area contributed by atoms with Gasteiger partial charge in [0.15, 0.2) is 11.5 Å². The summed E-state index contributed by atoms with van der Waals surface area (Å²) in [4.78, 5) is 4.32. The Morgan fingerprint density at radius 1 is 1.12 bits per heavy atom. The molecule has 0 aliphatic rings. The third-order valence-corrected chi connectivity index (χ3v) is 2.48. The summed E-state index contributed by atoms with van der Waals surface area (Å²) in [6, 6.07) is 5.76. The molecule has 4 nitrogen and oxygen atoms in total. The molecule has 2 aromatic rings. The van der Waals surface area contributed by atoms with Crippen LogP contribution in [-0.2, 0) is 6.54 Å². The molecular formula is C12H14N2O2. The Morgan fingerprint density at radius 2 is 1.81 bits per heavy atom. The van der Waals surface area contributed by atoms with Crippen molar-refractivity contribution in [2.75, 3.05) is 14.2 Å². The number of nitrogens with zero attached hydrogens (tertiary/aromatic N) is 1. The van der Waals surface area contributed by atoms with E-state index in [2.05, 4.69) is 4.98 Å². The summed E-state index contributed by atoms with van der Waals surface area (Å²) in [5, 5.41) is 1.00. The van der Waals surface area contributed by atoms with Gasteiger partial charge in [-0.3, -0.25) is 4.98 Å². The number of aromatic nitrogens is 1. The molecule has 0 aliphatic heterocycles. The minimum atomic E-state index is 0.483. The maximum absolute atomic E-state index is 5.57. The molecule has 0 spiro atoms. The van der Waals surface area contributed by atoms with Gasteiger partial charge in [0.1, 0.15) is 0 Å². The molecule has 0 unspecified atom stereocenters. The molecule has 0 bridgehead atoms. The number of hydrogen-bond donors (Lipinski definition) is 1. The van der Waals surface area contributed by atoms with Gasteiger partial charge in [0, 0.05) is 24.2 Å². The van der Waals surface area contributed by atoms with Gasteiger partial charge >= 0.3 is 0 Å². The first-order valence-electron chi connectivity index (χ1n) is 4.99. The Hall–Kier alpha value is -1.81. The first-order chi connectivity index (χ1) is 7.78. The van der Waals surface area contributed by atoms with Gasteiger partial charge in [0.05, 0.1) is 19.7 Å². The Balaban J connectivity index is 2.63. The van der Waals surface area contributed by atoms with Gasteiger partial charge in [-0.1, -0.05) is 0 Å². The van der Waals surface area contributed by atoms with Crippen molar-refractivity contribution < 1.29 is 9.47 Å². The molecule has 0 aliphatic carbocycles. The molecule has 0 atom stereocenters. The van der Waals surface area contributed by atoms with Crippen molar-refractivity contribution in [1.29, 1.82) is 0 Å². The third kappa shape index (κ3) is 1.79. The number of pyridine rings is 1. The van der Waals surface area contributed by atoms with E-state index in [0.29, 0.717) is 18.0 Å². The summed E-state index contributed by atoms with van der Waals surface area (Å²) >= 11 is 0. The molecule has 84 valence electrons. The summed E-state index contributed by atoms with van der Waals surface area (Å²) in [6.07, 6.45) is 1.77. The van der Waals surface area contributed by atoms with Crippen molar-refractivity contribution in [3.63, 3.8) is 0 Å². The van der Waals surface area contributed by atoms with E-state index >= 15 is 0 Å². The van der Waals surface area contributed by atoms with E-state index in [4.69, 9.17) is 15.2 Å². The maximum atomic E-state index is 5.57. The minimum Gasteiger partial charge on any atom is -0.493 e. The molecule has 1 heterocycles. The van der Waals surface area contributed by atoms with Gasteiger partial charge in [0.25, 0.3) is 0 Å². The lowest BCUT2D eigenvalue weighted by atomic mass is 10.1. The summed E-state index contributed by atoms with van der Waals surface area (Å²) in [5.74, 6) is 1.38. The standard InChI is InChI=1S/C12H14N2O2/c1-15-11-4-9-3-8(6-13)7-14-10(9)5-12(11)16-2/h3-5,7H,6,13H2,1-2H3. The third-order valence-electron chi connectivity index (χ3n) is 2.48. The zero-order valence-corrected chi connectivity index (χ0v) is 9.36. The van der Waals surface area contributed by atoms with Crippen LogP contribution in [0.4, 0.5) is 0 Å². The van der Waals surface area contributed by atoms with Gasteiger partial charge < -0.3 is 15.2 Å². The number of nitrogens with two attached hydrogens (primary N) is 1. The second kappa shape index (κ2) is 4.37. The average Bonchev–Trinajstić information content (AvgIpc) is 2.36. The molecule has 2 rings (SSSR count). The SMILES string of the molecule is COc1cc2cc(CN)cnc2cc1OC. The number of rotatable bonds is 3. The van der Waals surface area contributed by atoms with Crippen LogP contribution < -0.4 is 15.2 Å². The molecule has 0 amide bonds. The van der Waals surface area contributed by atoms with Gasteiger partial charge in [-0.05, 0) is 17.7 Å². The topological polar surface area (TPSA) is 57.4 Å². The van der Waals surface area contributed by atoms with Crippen LogP contribution in [0, 0.1) is 0 Å². The van der Waals surface area contributed by atoms with Crippen molar-refractivity contribution >= 4 is 10.9 Å². The molecule has 4 heteroatoms. The number of fused-ring (bicyclic) bond motifs is 1. The molecule has 1 aromatic carbocycles. The van der Waals surface area contributed by atoms with Gasteiger partial charge in [0.2, 0.25) is 0 Å². The van der Waals surface area contributed by atoms with Crippen LogP contribution in [0.5, 0.6) is 11.5 Å². The Morgan fingerprint density at radius 3 is 2.44 bits per heavy atom. The summed E-state index contributed by atoms with van der Waals surface area (Å²) in [6.45, 7) is 0.483. The highest BCUT2D eigenvalue weighted by Crippen LogP contribution is 2.31. The fourth-order valence-corrected chi connectivity index (χ4v) is 1.61. The molecule has 2 N–H and O–H groups in total. The van der Waals surface area contributed by atoms with E-state index in [1.165, 1.54) is 0 Å². The summed E-state index contributed by atoms with van der Waals surface area (Å²) in [7, 11) is 3.22. The lowest BCUT2D eigenvalue weighted by Gasteiger charge is -2.09. The van der Waals surface area contributed by atoms with Gasteiger partial charge in [-0.15, -0.1) is 0 Å². The van der Waals surface area contributed by atoms with E-state index in [9.17, 15) is 0 Å². The Bertz CT molecular complexity index is 512.